The number of anilines is 1. The molecule has 2 heterocycles. The Morgan fingerprint density at radius 1 is 1.32 bits per heavy atom. The number of halogens is 1. The molecule has 8 heteroatoms. The zero-order chi connectivity index (χ0) is 19.8. The van der Waals surface area contributed by atoms with E-state index in [1.807, 2.05) is 12.1 Å². The molecule has 2 aromatic carbocycles. The van der Waals surface area contributed by atoms with Gasteiger partial charge in [0.15, 0.2) is 11.3 Å². The lowest BCUT2D eigenvalue weighted by Gasteiger charge is -2.09. The van der Waals surface area contributed by atoms with Crippen LogP contribution in [0.1, 0.15) is 16.1 Å². The Labute approximate surface area is 164 Å². The summed E-state index contributed by atoms with van der Waals surface area (Å²) in [6.45, 7) is 0. The molecule has 0 unspecified atom stereocenters. The maximum Gasteiger partial charge on any atom is 0.357 e. The van der Waals surface area contributed by atoms with Gasteiger partial charge in [-0.25, -0.2) is 9.78 Å². The third kappa shape index (κ3) is 2.86. The number of nitrogens with zero attached hydrogens (tertiary/aromatic N) is 3. The largest absolute Gasteiger partial charge is 0.464 e. The summed E-state index contributed by atoms with van der Waals surface area (Å²) in [7, 11) is 1.25. The number of methoxy groups -OCH3 is 1. The van der Waals surface area contributed by atoms with E-state index in [-0.39, 0.29) is 16.9 Å². The molecule has 7 nitrogen and oxygen atoms in total. The topological polar surface area (TPSA) is 107 Å². The molecule has 0 amide bonds. The zero-order valence-corrected chi connectivity index (χ0v) is 15.4. The molecule has 0 saturated heterocycles. The number of fused-ring (bicyclic) bond motifs is 1. The molecule has 4 aromatic rings. The van der Waals surface area contributed by atoms with Crippen molar-refractivity contribution in [2.45, 2.75) is 0 Å². The predicted molar refractivity (Wildman–Crippen MR) is 104 cm³/mol. The number of nitriles is 1. The van der Waals surface area contributed by atoms with Gasteiger partial charge in [-0.3, -0.25) is 0 Å². The Bertz CT molecular complexity index is 1270. The summed E-state index contributed by atoms with van der Waals surface area (Å²) in [5, 5.41) is 9.83. The number of carbonyl (C=O) groups excluding carboxylic acids is 1. The maximum absolute atomic E-state index is 12.2. The van der Waals surface area contributed by atoms with Crippen molar-refractivity contribution in [3.63, 3.8) is 0 Å². The molecule has 0 saturated carbocycles. The monoisotopic (exact) mass is 392 g/mol. The first-order valence-electron chi connectivity index (χ1n) is 8.18. The van der Waals surface area contributed by atoms with Crippen LogP contribution >= 0.6 is 11.6 Å². The Balaban J connectivity index is 1.85. The first-order valence-corrected chi connectivity index (χ1v) is 8.55. The molecule has 0 radical (unpaired) electrons. The highest BCUT2D eigenvalue weighted by molar-refractivity contribution is 6.31. The summed E-state index contributed by atoms with van der Waals surface area (Å²) in [5.74, 6) is -0.236. The highest BCUT2D eigenvalue weighted by atomic mass is 35.5. The standard InChI is InChI=1S/C20H13ClN4O3/c1-27-20(26)18-17(23)12(9-22)10-25(18)14-4-2-3-11(7-14)19-24-15-8-13(21)5-6-16(15)28-19/h2-8,10H,23H2,1H3. The lowest BCUT2D eigenvalue weighted by atomic mass is 10.2. The van der Waals surface area contributed by atoms with E-state index in [0.29, 0.717) is 33.3 Å². The number of oxazole rings is 1. The first-order chi connectivity index (χ1) is 13.5. The van der Waals surface area contributed by atoms with E-state index in [1.165, 1.54) is 17.9 Å². The second-order valence-electron chi connectivity index (χ2n) is 5.96. The van der Waals surface area contributed by atoms with Crippen molar-refractivity contribution in [3.8, 4) is 23.2 Å². The molecule has 0 fully saturated rings. The third-order valence-electron chi connectivity index (χ3n) is 4.26. The van der Waals surface area contributed by atoms with Crippen molar-refractivity contribution in [1.82, 2.24) is 9.55 Å². The molecule has 28 heavy (non-hydrogen) atoms. The first kappa shape index (κ1) is 17.6. The van der Waals surface area contributed by atoms with E-state index >= 15 is 0 Å². The lowest BCUT2D eigenvalue weighted by Crippen LogP contribution is -2.11. The summed E-state index contributed by atoms with van der Waals surface area (Å²) < 4.78 is 12.1. The van der Waals surface area contributed by atoms with Crippen LogP contribution in [0.15, 0.2) is 53.1 Å². The molecule has 0 aliphatic carbocycles. The average molecular weight is 393 g/mol. The van der Waals surface area contributed by atoms with Crippen LogP contribution in [0.25, 0.3) is 28.2 Å². The van der Waals surface area contributed by atoms with Gasteiger partial charge < -0.3 is 19.5 Å². The Hall–Kier alpha value is -3.76. The fourth-order valence-corrected chi connectivity index (χ4v) is 3.10. The Morgan fingerprint density at radius 3 is 2.89 bits per heavy atom. The number of nitrogens with two attached hydrogens (primary N) is 1. The van der Waals surface area contributed by atoms with Crippen LogP contribution in [-0.2, 0) is 4.74 Å². The van der Waals surface area contributed by atoms with Gasteiger partial charge in [0, 0.05) is 22.5 Å². The molecular formula is C20H13ClN4O3. The quantitative estimate of drug-likeness (QED) is 0.524. The van der Waals surface area contributed by atoms with E-state index in [2.05, 4.69) is 4.98 Å². The van der Waals surface area contributed by atoms with Gasteiger partial charge in [0.25, 0.3) is 0 Å². The molecule has 0 atom stereocenters. The van der Waals surface area contributed by atoms with Gasteiger partial charge in [-0.15, -0.1) is 0 Å². The van der Waals surface area contributed by atoms with Crippen LogP contribution in [-0.4, -0.2) is 22.6 Å². The predicted octanol–water partition coefficient (Wildman–Crippen LogP) is 4.18. The molecular weight excluding hydrogens is 380 g/mol. The maximum atomic E-state index is 12.2. The van der Waals surface area contributed by atoms with Crippen molar-refractivity contribution in [2.75, 3.05) is 12.8 Å². The summed E-state index contributed by atoms with van der Waals surface area (Å²) in [6.07, 6.45) is 1.49. The number of hydrogen-bond acceptors (Lipinski definition) is 6. The number of aromatic nitrogens is 2. The van der Waals surface area contributed by atoms with Crippen molar-refractivity contribution >= 4 is 34.4 Å². The number of ether oxygens (including phenoxy) is 1. The van der Waals surface area contributed by atoms with Gasteiger partial charge in [0.05, 0.1) is 18.4 Å². The van der Waals surface area contributed by atoms with Crippen molar-refractivity contribution in [1.29, 1.82) is 5.26 Å². The summed E-state index contributed by atoms with van der Waals surface area (Å²) >= 11 is 6.00. The summed E-state index contributed by atoms with van der Waals surface area (Å²) in [5.41, 5.74) is 8.82. The highest BCUT2D eigenvalue weighted by Gasteiger charge is 2.22. The number of esters is 1. The van der Waals surface area contributed by atoms with Crippen LogP contribution in [0.4, 0.5) is 5.69 Å². The van der Waals surface area contributed by atoms with Gasteiger partial charge in [-0.05, 0) is 36.4 Å². The fraction of sp³-hybridized carbons (Fsp3) is 0.0500. The Morgan fingerprint density at radius 2 is 2.14 bits per heavy atom. The average Bonchev–Trinajstić information content (AvgIpc) is 3.28. The highest BCUT2D eigenvalue weighted by Crippen LogP contribution is 2.29. The van der Waals surface area contributed by atoms with Crippen LogP contribution in [0.5, 0.6) is 0 Å². The van der Waals surface area contributed by atoms with Crippen molar-refractivity contribution in [2.24, 2.45) is 0 Å². The minimum absolute atomic E-state index is 0.0660. The molecule has 0 bridgehead atoms. The minimum Gasteiger partial charge on any atom is -0.464 e. The molecule has 0 aliphatic rings. The summed E-state index contributed by atoms with van der Waals surface area (Å²) in [6, 6.07) is 14.3. The molecule has 2 N–H and O–H groups in total. The third-order valence-corrected chi connectivity index (χ3v) is 4.50. The minimum atomic E-state index is -0.638. The van der Waals surface area contributed by atoms with Crippen LogP contribution in [0.2, 0.25) is 5.02 Å². The lowest BCUT2D eigenvalue weighted by molar-refractivity contribution is 0.0593. The second-order valence-corrected chi connectivity index (χ2v) is 6.40. The molecule has 0 spiro atoms. The van der Waals surface area contributed by atoms with Gasteiger partial charge in [0.1, 0.15) is 11.6 Å². The van der Waals surface area contributed by atoms with Crippen LogP contribution < -0.4 is 5.73 Å². The zero-order valence-electron chi connectivity index (χ0n) is 14.6. The van der Waals surface area contributed by atoms with E-state index in [0.717, 1.165) is 0 Å². The second kappa shape index (κ2) is 6.76. The molecule has 2 aromatic heterocycles. The normalized spacial score (nSPS) is 10.8. The smallest absolute Gasteiger partial charge is 0.357 e. The fourth-order valence-electron chi connectivity index (χ4n) is 2.93. The van der Waals surface area contributed by atoms with E-state index in [9.17, 15) is 10.1 Å². The Kier molecular flexibility index (Phi) is 4.26. The van der Waals surface area contributed by atoms with E-state index < -0.39 is 5.97 Å². The van der Waals surface area contributed by atoms with Crippen molar-refractivity contribution < 1.29 is 13.9 Å². The SMILES string of the molecule is COC(=O)c1c(N)c(C#N)cn1-c1cccc(-c2nc3cc(Cl)ccc3o2)c1. The number of nitrogen functional groups attached to an aromatic ring is 1. The van der Waals surface area contributed by atoms with Crippen LogP contribution in [0, 0.1) is 11.3 Å². The molecule has 0 aliphatic heterocycles. The van der Waals surface area contributed by atoms with Crippen molar-refractivity contribution in [3.05, 3.63) is 64.9 Å². The molecule has 138 valence electrons. The number of rotatable bonds is 3. The number of carbonyl (C=O) groups is 1. The van der Waals surface area contributed by atoms with Crippen LogP contribution in [0.3, 0.4) is 0 Å². The number of hydrogen-bond donors (Lipinski definition) is 1. The van der Waals surface area contributed by atoms with Gasteiger partial charge in [-0.2, -0.15) is 5.26 Å². The van der Waals surface area contributed by atoms with E-state index in [4.69, 9.17) is 26.5 Å². The number of benzene rings is 2. The van der Waals surface area contributed by atoms with Gasteiger partial charge in [-0.1, -0.05) is 17.7 Å². The molecule has 4 rings (SSSR count). The van der Waals surface area contributed by atoms with Gasteiger partial charge >= 0.3 is 5.97 Å². The van der Waals surface area contributed by atoms with E-state index in [1.54, 1.807) is 36.4 Å². The summed E-state index contributed by atoms with van der Waals surface area (Å²) in [4.78, 5) is 16.6. The van der Waals surface area contributed by atoms with Gasteiger partial charge in [0.2, 0.25) is 5.89 Å².